The number of hydrogen-bond acceptors (Lipinski definition) is 5. The Morgan fingerprint density at radius 1 is 1.05 bits per heavy atom. The van der Waals surface area contributed by atoms with Crippen LogP contribution in [0.25, 0.3) is 0 Å². The lowest BCUT2D eigenvalue weighted by atomic mass is 9.74. The highest BCUT2D eigenvalue weighted by Crippen LogP contribution is 2.48. The van der Waals surface area contributed by atoms with E-state index in [0.717, 1.165) is 21.3 Å². The molecule has 1 saturated heterocycles. The summed E-state index contributed by atoms with van der Waals surface area (Å²) in [6.45, 7) is 3.31. The number of anilines is 3. The number of fused-ring (bicyclic) bond motifs is 2. The molecular formula is C30H32BrFN4O3. The van der Waals surface area contributed by atoms with E-state index in [2.05, 4.69) is 15.9 Å². The summed E-state index contributed by atoms with van der Waals surface area (Å²) in [6, 6.07) is 13.6. The van der Waals surface area contributed by atoms with E-state index < -0.39 is 5.41 Å². The molecule has 2 amide bonds. The molecule has 39 heavy (non-hydrogen) atoms. The molecule has 0 bridgehead atoms. The first-order chi connectivity index (χ1) is 18.5. The Kier molecular flexibility index (Phi) is 7.05. The number of piperidine rings is 1. The number of nitrogens with two attached hydrogens (primary N) is 1. The molecule has 2 aliphatic rings. The van der Waals surface area contributed by atoms with Crippen molar-refractivity contribution in [2.75, 3.05) is 56.4 Å². The molecule has 0 unspecified atom stereocenters. The van der Waals surface area contributed by atoms with Crippen molar-refractivity contribution < 1.29 is 18.7 Å². The topological polar surface area (TPSA) is 79.1 Å². The summed E-state index contributed by atoms with van der Waals surface area (Å²) in [6.07, 6.45) is 1.24. The lowest BCUT2D eigenvalue weighted by Gasteiger charge is -2.40. The van der Waals surface area contributed by atoms with Crippen LogP contribution in [0.1, 0.15) is 44.7 Å². The van der Waals surface area contributed by atoms with Crippen molar-refractivity contribution in [1.29, 1.82) is 0 Å². The number of carbonyl (C=O) groups excluding carboxylic acids is 2. The molecule has 3 aromatic rings. The summed E-state index contributed by atoms with van der Waals surface area (Å²) in [4.78, 5) is 32.7. The maximum absolute atomic E-state index is 14.5. The fourth-order valence-electron chi connectivity index (χ4n) is 5.81. The summed E-state index contributed by atoms with van der Waals surface area (Å²) >= 11 is 3.42. The second-order valence-corrected chi connectivity index (χ2v) is 11.4. The summed E-state index contributed by atoms with van der Waals surface area (Å²) in [5, 5.41) is 0. The Labute approximate surface area is 236 Å². The third-order valence-electron chi connectivity index (χ3n) is 8.02. The van der Waals surface area contributed by atoms with E-state index in [1.807, 2.05) is 49.0 Å². The number of ether oxygens (including phenoxy) is 1. The van der Waals surface area contributed by atoms with E-state index in [4.69, 9.17) is 10.5 Å². The average Bonchev–Trinajstić information content (AvgIpc) is 3.22. The van der Waals surface area contributed by atoms with Crippen LogP contribution in [-0.2, 0) is 5.41 Å². The van der Waals surface area contributed by atoms with Gasteiger partial charge < -0.3 is 25.2 Å². The van der Waals surface area contributed by atoms with E-state index in [1.54, 1.807) is 36.3 Å². The van der Waals surface area contributed by atoms with Gasteiger partial charge in [-0.05, 0) is 95.4 Å². The van der Waals surface area contributed by atoms with Crippen molar-refractivity contribution in [2.45, 2.75) is 25.2 Å². The van der Waals surface area contributed by atoms with Crippen LogP contribution in [0.4, 0.5) is 21.5 Å². The summed E-state index contributed by atoms with van der Waals surface area (Å²) in [7, 11) is 5.42. The number of halogens is 2. The van der Waals surface area contributed by atoms with Crippen LogP contribution < -0.4 is 20.3 Å². The molecule has 0 aliphatic carbocycles. The monoisotopic (exact) mass is 594 g/mol. The Balaban J connectivity index is 1.41. The van der Waals surface area contributed by atoms with E-state index in [0.29, 0.717) is 60.7 Å². The molecule has 0 radical (unpaired) electrons. The van der Waals surface area contributed by atoms with Gasteiger partial charge in [-0.15, -0.1) is 0 Å². The number of benzene rings is 3. The molecule has 204 valence electrons. The number of nitrogens with zero attached hydrogens (tertiary/aromatic N) is 3. The largest absolute Gasteiger partial charge is 0.495 e. The van der Waals surface area contributed by atoms with Crippen molar-refractivity contribution in [3.8, 4) is 5.75 Å². The molecule has 9 heteroatoms. The zero-order valence-corrected chi connectivity index (χ0v) is 24.1. The molecule has 2 heterocycles. The van der Waals surface area contributed by atoms with Crippen molar-refractivity contribution in [3.63, 3.8) is 0 Å². The smallest absolute Gasteiger partial charge is 0.258 e. The molecule has 7 nitrogen and oxygen atoms in total. The van der Waals surface area contributed by atoms with Gasteiger partial charge in [0.15, 0.2) is 0 Å². The van der Waals surface area contributed by atoms with E-state index in [9.17, 15) is 14.0 Å². The first kappa shape index (κ1) is 27.0. The molecule has 5 rings (SSSR count). The Morgan fingerprint density at radius 2 is 1.77 bits per heavy atom. The Hall–Kier alpha value is -3.59. The number of likely N-dealkylation sites (tertiary alicyclic amines) is 1. The van der Waals surface area contributed by atoms with E-state index >= 15 is 0 Å². The maximum Gasteiger partial charge on any atom is 0.258 e. The Bertz CT molecular complexity index is 1470. The minimum atomic E-state index is -0.437. The average molecular weight is 596 g/mol. The summed E-state index contributed by atoms with van der Waals surface area (Å²) in [5.74, 6) is 0.150. The summed E-state index contributed by atoms with van der Waals surface area (Å²) < 4.78 is 20.7. The number of amides is 2. The minimum Gasteiger partial charge on any atom is -0.495 e. The fourth-order valence-corrected chi connectivity index (χ4v) is 6.27. The zero-order valence-electron chi connectivity index (χ0n) is 22.6. The highest BCUT2D eigenvalue weighted by molar-refractivity contribution is 9.10. The quantitative estimate of drug-likeness (QED) is 0.410. The van der Waals surface area contributed by atoms with Gasteiger partial charge >= 0.3 is 0 Å². The van der Waals surface area contributed by atoms with Crippen LogP contribution in [0, 0.1) is 12.7 Å². The Morgan fingerprint density at radius 3 is 2.44 bits per heavy atom. The van der Waals surface area contributed by atoms with Crippen LogP contribution in [0.3, 0.4) is 0 Å². The van der Waals surface area contributed by atoms with Gasteiger partial charge in [0.2, 0.25) is 0 Å². The van der Waals surface area contributed by atoms with Gasteiger partial charge in [0.25, 0.3) is 11.8 Å². The summed E-state index contributed by atoms with van der Waals surface area (Å²) in [5.41, 5.74) is 10.4. The van der Waals surface area contributed by atoms with E-state index in [1.165, 1.54) is 6.07 Å². The van der Waals surface area contributed by atoms with Crippen molar-refractivity contribution >= 4 is 44.8 Å². The molecule has 2 aliphatic heterocycles. The molecular weight excluding hydrogens is 563 g/mol. The highest BCUT2D eigenvalue weighted by Gasteiger charge is 2.47. The lowest BCUT2D eigenvalue weighted by molar-refractivity contribution is 0.0670. The van der Waals surface area contributed by atoms with Crippen LogP contribution in [0.15, 0.2) is 53.0 Å². The molecule has 0 saturated carbocycles. The van der Waals surface area contributed by atoms with Crippen molar-refractivity contribution in [2.24, 2.45) is 0 Å². The maximum atomic E-state index is 14.5. The highest BCUT2D eigenvalue weighted by atomic mass is 79.9. The lowest BCUT2D eigenvalue weighted by Crippen LogP contribution is -2.48. The number of methoxy groups -OCH3 is 1. The van der Waals surface area contributed by atoms with Gasteiger partial charge in [-0.1, -0.05) is 0 Å². The SMILES string of the molecule is COc1ccc(C(=O)N2CCC3(CC2)CN(C(=O)c2cc(N)c(Br)cc2C)c2ccc(F)cc23)cc1N(C)C. The molecule has 2 N–H and O–H groups in total. The third kappa shape index (κ3) is 4.73. The number of nitrogen functional groups attached to an aromatic ring is 1. The van der Waals surface area contributed by atoms with Gasteiger partial charge in [0.1, 0.15) is 11.6 Å². The standard InChI is InChI=1S/C30H32BrFN4O3/c1-18-13-23(31)24(33)16-21(18)29(38)36-17-30(22-15-20(32)6-7-25(22)36)9-11-35(12-10-30)28(37)19-5-8-27(39-4)26(14-19)34(2)3/h5-8,13-16H,9-12,17,33H2,1-4H3. The van der Waals surface area contributed by atoms with Gasteiger partial charge in [-0.2, -0.15) is 0 Å². The predicted molar refractivity (Wildman–Crippen MR) is 156 cm³/mol. The number of carbonyl (C=O) groups is 2. The van der Waals surface area contributed by atoms with Crippen molar-refractivity contribution in [3.05, 3.63) is 81.1 Å². The van der Waals surface area contributed by atoms with Crippen LogP contribution in [0.5, 0.6) is 5.75 Å². The van der Waals surface area contributed by atoms with Crippen LogP contribution >= 0.6 is 15.9 Å². The number of hydrogen-bond donors (Lipinski definition) is 1. The first-order valence-electron chi connectivity index (χ1n) is 12.9. The van der Waals surface area contributed by atoms with E-state index in [-0.39, 0.29) is 17.6 Å². The van der Waals surface area contributed by atoms with Gasteiger partial charge in [0.05, 0.1) is 12.8 Å². The normalized spacial score (nSPS) is 15.8. The second kappa shape index (κ2) is 10.2. The van der Waals surface area contributed by atoms with Crippen LogP contribution in [0.2, 0.25) is 0 Å². The first-order valence-corrected chi connectivity index (χ1v) is 13.7. The minimum absolute atomic E-state index is 0.0537. The third-order valence-corrected chi connectivity index (χ3v) is 8.70. The molecule has 1 fully saturated rings. The zero-order chi connectivity index (χ0) is 28.1. The van der Waals surface area contributed by atoms with Crippen LogP contribution in [-0.4, -0.2) is 57.6 Å². The molecule has 1 spiro atoms. The second-order valence-electron chi connectivity index (χ2n) is 10.6. The van der Waals surface area contributed by atoms with Gasteiger partial charge in [0, 0.05) is 66.1 Å². The predicted octanol–water partition coefficient (Wildman–Crippen LogP) is 5.39. The number of aryl methyl sites for hydroxylation is 1. The molecule has 3 aromatic carbocycles. The molecule has 0 atom stereocenters. The fraction of sp³-hybridized carbons (Fsp3) is 0.333. The molecule has 0 aromatic heterocycles. The van der Waals surface area contributed by atoms with Crippen molar-refractivity contribution in [1.82, 2.24) is 4.90 Å². The number of rotatable bonds is 4. The van der Waals surface area contributed by atoms with Gasteiger partial charge in [-0.25, -0.2) is 4.39 Å². The van der Waals surface area contributed by atoms with Gasteiger partial charge in [-0.3, -0.25) is 9.59 Å².